The van der Waals surface area contributed by atoms with Gasteiger partial charge in [0.15, 0.2) is 0 Å². The maximum absolute atomic E-state index is 10.1. The van der Waals surface area contributed by atoms with E-state index in [1.165, 1.54) is 11.8 Å². The number of carbonyl (C=O) groups is 1. The van der Waals surface area contributed by atoms with E-state index >= 15 is 0 Å². The van der Waals surface area contributed by atoms with Crippen LogP contribution in [0.2, 0.25) is 0 Å². The van der Waals surface area contributed by atoms with E-state index in [4.69, 9.17) is 5.73 Å². The second-order valence-electron chi connectivity index (χ2n) is 2.20. The van der Waals surface area contributed by atoms with Crippen LogP contribution < -0.4 is 10.8 Å². The Kier molecular flexibility index (Phi) is 2.99. The fourth-order valence-electron chi connectivity index (χ4n) is 0.749. The van der Waals surface area contributed by atoms with Gasteiger partial charge in [-0.25, -0.2) is 0 Å². The second-order valence-corrected chi connectivity index (χ2v) is 3.22. The van der Waals surface area contributed by atoms with Crippen molar-refractivity contribution >= 4 is 23.4 Å². The fourth-order valence-corrected chi connectivity index (χ4v) is 1.43. The maximum Gasteiger partial charge on any atom is 0.0517 e. The molecule has 0 aliphatic carbocycles. The van der Waals surface area contributed by atoms with E-state index in [-0.39, 0.29) is 5.75 Å². The highest BCUT2D eigenvalue weighted by atomic mass is 32.2. The molecule has 1 aromatic carbocycles. The van der Waals surface area contributed by atoms with Crippen molar-refractivity contribution in [2.75, 3.05) is 11.5 Å². The average Bonchev–Trinajstić information content (AvgIpc) is 2.03. The number of nitrogen functional groups attached to an aromatic ring is 1. The monoisotopic (exact) mass is 182 g/mol. The van der Waals surface area contributed by atoms with Gasteiger partial charge in [-0.15, -0.1) is 11.8 Å². The Bertz CT molecular complexity index is 288. The van der Waals surface area contributed by atoms with E-state index < -0.39 is 5.97 Å². The van der Waals surface area contributed by atoms with Gasteiger partial charge in [-0.1, -0.05) is 12.1 Å². The summed E-state index contributed by atoms with van der Waals surface area (Å²) in [5.41, 5.74) is 6.17. The predicted octanol–water partition coefficient (Wildman–Crippen LogP) is 0.111. The number of aliphatic carboxylic acids is 1. The van der Waals surface area contributed by atoms with Crippen LogP contribution in [0.1, 0.15) is 0 Å². The lowest BCUT2D eigenvalue weighted by Gasteiger charge is -2.04. The van der Waals surface area contributed by atoms with Crippen LogP contribution in [0.25, 0.3) is 0 Å². The van der Waals surface area contributed by atoms with Crippen molar-refractivity contribution in [3.8, 4) is 0 Å². The zero-order valence-corrected chi connectivity index (χ0v) is 7.14. The summed E-state index contributed by atoms with van der Waals surface area (Å²) in [4.78, 5) is 10.9. The van der Waals surface area contributed by atoms with Crippen molar-refractivity contribution in [1.29, 1.82) is 0 Å². The highest BCUT2D eigenvalue weighted by molar-refractivity contribution is 8.00. The first-order valence-corrected chi connectivity index (χ1v) is 4.36. The molecular formula is C8H8NO2S-. The van der Waals surface area contributed by atoms with Crippen LogP contribution in [0, 0.1) is 0 Å². The van der Waals surface area contributed by atoms with Gasteiger partial charge in [0.25, 0.3) is 0 Å². The van der Waals surface area contributed by atoms with Crippen LogP contribution in [0.5, 0.6) is 0 Å². The normalized spacial score (nSPS) is 9.67. The van der Waals surface area contributed by atoms with Crippen LogP contribution in [0.4, 0.5) is 5.69 Å². The van der Waals surface area contributed by atoms with Crippen molar-refractivity contribution < 1.29 is 9.90 Å². The summed E-state index contributed by atoms with van der Waals surface area (Å²) in [7, 11) is 0. The smallest absolute Gasteiger partial charge is 0.0517 e. The molecule has 3 nitrogen and oxygen atoms in total. The summed E-state index contributed by atoms with van der Waals surface area (Å²) in [6, 6.07) is 7.13. The number of para-hydroxylation sites is 1. The number of carboxylic acids is 1. The number of rotatable bonds is 3. The average molecular weight is 182 g/mol. The van der Waals surface area contributed by atoms with Gasteiger partial charge >= 0.3 is 0 Å². The van der Waals surface area contributed by atoms with Gasteiger partial charge in [0.1, 0.15) is 0 Å². The predicted molar refractivity (Wildman–Crippen MR) is 46.6 cm³/mol. The lowest BCUT2D eigenvalue weighted by molar-refractivity contribution is -0.301. The van der Waals surface area contributed by atoms with Gasteiger partial charge in [-0.2, -0.15) is 0 Å². The third-order valence-corrected chi connectivity index (χ3v) is 2.33. The molecule has 64 valence electrons. The van der Waals surface area contributed by atoms with Crippen LogP contribution in [-0.2, 0) is 4.79 Å². The molecule has 0 atom stereocenters. The Hall–Kier alpha value is -1.16. The van der Waals surface area contributed by atoms with Gasteiger partial charge in [-0.05, 0) is 12.1 Å². The summed E-state index contributed by atoms with van der Waals surface area (Å²) >= 11 is 1.17. The molecule has 0 heterocycles. The molecule has 0 aromatic heterocycles. The van der Waals surface area contributed by atoms with E-state index in [1.54, 1.807) is 18.2 Å². The van der Waals surface area contributed by atoms with Crippen LogP contribution in [0.3, 0.4) is 0 Å². The Morgan fingerprint density at radius 1 is 1.50 bits per heavy atom. The minimum Gasteiger partial charge on any atom is -0.549 e. The lowest BCUT2D eigenvalue weighted by atomic mass is 10.3. The molecule has 0 spiro atoms. The van der Waals surface area contributed by atoms with Crippen LogP contribution in [0.15, 0.2) is 29.2 Å². The van der Waals surface area contributed by atoms with Crippen molar-refractivity contribution in [1.82, 2.24) is 0 Å². The number of carboxylic acid groups (broad SMARTS) is 1. The number of benzene rings is 1. The molecule has 12 heavy (non-hydrogen) atoms. The molecule has 0 fully saturated rings. The van der Waals surface area contributed by atoms with Gasteiger partial charge in [0, 0.05) is 16.3 Å². The standard InChI is InChI=1S/C8H9NO2S/c9-6-3-1-2-4-7(6)12-5-8(10)11/h1-4H,5,9H2,(H,10,11)/p-1. The molecule has 0 aliphatic rings. The highest BCUT2D eigenvalue weighted by Gasteiger charge is 1.97. The number of thioether (sulfide) groups is 1. The summed E-state index contributed by atoms with van der Waals surface area (Å²) in [6.07, 6.45) is 0. The first kappa shape index (κ1) is 8.93. The van der Waals surface area contributed by atoms with E-state index in [9.17, 15) is 9.90 Å². The number of carbonyl (C=O) groups excluding carboxylic acids is 1. The SMILES string of the molecule is Nc1ccccc1SCC(=O)[O-]. The Morgan fingerprint density at radius 2 is 2.17 bits per heavy atom. The lowest BCUT2D eigenvalue weighted by Crippen LogP contribution is -2.24. The van der Waals surface area contributed by atoms with Gasteiger partial charge in [0.2, 0.25) is 0 Å². The molecule has 0 amide bonds. The summed E-state index contributed by atoms with van der Waals surface area (Å²) in [6.45, 7) is 0. The summed E-state index contributed by atoms with van der Waals surface area (Å²) in [5.74, 6) is -1.14. The van der Waals surface area contributed by atoms with E-state index in [0.29, 0.717) is 5.69 Å². The number of hydrogen-bond acceptors (Lipinski definition) is 4. The molecule has 0 saturated heterocycles. The summed E-state index contributed by atoms with van der Waals surface area (Å²) in [5, 5.41) is 10.1. The molecule has 1 rings (SSSR count). The molecular weight excluding hydrogens is 174 g/mol. The Morgan fingerprint density at radius 3 is 2.75 bits per heavy atom. The van der Waals surface area contributed by atoms with Gasteiger partial charge in [0.05, 0.1) is 5.97 Å². The topological polar surface area (TPSA) is 66.2 Å². The maximum atomic E-state index is 10.1. The molecule has 0 saturated carbocycles. The van der Waals surface area contributed by atoms with E-state index in [2.05, 4.69) is 0 Å². The zero-order valence-electron chi connectivity index (χ0n) is 6.32. The van der Waals surface area contributed by atoms with E-state index in [1.807, 2.05) is 6.07 Å². The van der Waals surface area contributed by atoms with Crippen molar-refractivity contribution in [3.05, 3.63) is 24.3 Å². The number of hydrogen-bond donors (Lipinski definition) is 1. The third kappa shape index (κ3) is 2.47. The van der Waals surface area contributed by atoms with Crippen molar-refractivity contribution in [2.45, 2.75) is 4.90 Å². The van der Waals surface area contributed by atoms with Crippen molar-refractivity contribution in [3.63, 3.8) is 0 Å². The molecule has 1 aromatic rings. The number of anilines is 1. The quantitative estimate of drug-likeness (QED) is 0.532. The first-order valence-electron chi connectivity index (χ1n) is 3.37. The largest absolute Gasteiger partial charge is 0.549 e. The summed E-state index contributed by atoms with van der Waals surface area (Å²) < 4.78 is 0. The molecule has 0 aliphatic heterocycles. The van der Waals surface area contributed by atoms with Gasteiger partial charge < -0.3 is 15.6 Å². The Labute approximate surface area is 74.6 Å². The third-order valence-electron chi connectivity index (χ3n) is 1.26. The molecule has 0 radical (unpaired) electrons. The van der Waals surface area contributed by atoms with Crippen LogP contribution >= 0.6 is 11.8 Å². The molecule has 0 unspecified atom stereocenters. The Balaban J connectivity index is 2.63. The highest BCUT2D eigenvalue weighted by Crippen LogP contribution is 2.23. The number of nitrogens with two attached hydrogens (primary N) is 1. The van der Waals surface area contributed by atoms with Gasteiger partial charge in [-0.3, -0.25) is 0 Å². The van der Waals surface area contributed by atoms with Crippen molar-refractivity contribution in [2.24, 2.45) is 0 Å². The second kappa shape index (κ2) is 4.01. The molecule has 0 bridgehead atoms. The first-order chi connectivity index (χ1) is 5.70. The van der Waals surface area contributed by atoms with Crippen LogP contribution in [-0.4, -0.2) is 11.7 Å². The fraction of sp³-hybridized carbons (Fsp3) is 0.125. The van der Waals surface area contributed by atoms with E-state index in [0.717, 1.165) is 4.90 Å². The molecule has 4 heteroatoms. The minimum atomic E-state index is -1.08. The minimum absolute atomic E-state index is 0.0613. The molecule has 2 N–H and O–H groups in total. The zero-order chi connectivity index (χ0) is 8.97.